The van der Waals surface area contributed by atoms with Crippen molar-refractivity contribution in [2.24, 2.45) is 0 Å². The van der Waals surface area contributed by atoms with Gasteiger partial charge in [0.1, 0.15) is 0 Å². The molecule has 0 fully saturated rings. The van der Waals surface area contributed by atoms with Crippen LogP contribution >= 0.6 is 0 Å². The topological polar surface area (TPSA) is 57.2 Å². The van der Waals surface area contributed by atoms with Crippen molar-refractivity contribution in [1.29, 1.82) is 0 Å². The summed E-state index contributed by atoms with van der Waals surface area (Å²) in [6.07, 6.45) is 0. The van der Waals surface area contributed by atoms with Crippen molar-refractivity contribution >= 4 is 17.8 Å². The highest BCUT2D eigenvalue weighted by molar-refractivity contribution is 5.45. The predicted molar refractivity (Wildman–Crippen MR) is 81.1 cm³/mol. The van der Waals surface area contributed by atoms with E-state index in [2.05, 4.69) is 64.7 Å². The van der Waals surface area contributed by atoms with E-state index in [1.165, 1.54) is 0 Å². The van der Waals surface area contributed by atoms with Crippen LogP contribution in [-0.2, 0) is 0 Å². The van der Waals surface area contributed by atoms with E-state index in [9.17, 15) is 0 Å². The molecule has 0 saturated heterocycles. The average Bonchev–Trinajstić information content (AvgIpc) is 2.40. The molecule has 0 atom stereocenters. The summed E-state index contributed by atoms with van der Waals surface area (Å²) in [6.45, 7) is 13.3. The highest BCUT2D eigenvalue weighted by Crippen LogP contribution is 2.17. The third kappa shape index (κ3) is 3.68. The molecule has 0 amide bonds. The van der Waals surface area contributed by atoms with Gasteiger partial charge in [0.15, 0.2) is 0 Å². The van der Waals surface area contributed by atoms with E-state index in [4.69, 9.17) is 0 Å². The second-order valence-electron chi connectivity index (χ2n) is 4.56. The van der Waals surface area contributed by atoms with Crippen molar-refractivity contribution in [3.63, 3.8) is 0 Å². The Morgan fingerprint density at radius 2 is 1.53 bits per heavy atom. The van der Waals surface area contributed by atoms with Crippen molar-refractivity contribution in [3.8, 4) is 0 Å². The number of hydrogen-bond donors (Lipinski definition) is 1. The number of hydrogen-bond acceptors (Lipinski definition) is 6. The van der Waals surface area contributed by atoms with Gasteiger partial charge < -0.3 is 15.1 Å². The highest BCUT2D eigenvalue weighted by atomic mass is 15.4. The monoisotopic (exact) mass is 266 g/mol. The molecule has 1 aromatic rings. The average molecular weight is 266 g/mol. The standard InChI is InChI=1S/C13H26N6/c1-7-18(8-2)12-15-11(14-6)16-13(17-12)19(9-3)10(4)5/h10H,7-9H2,1-6H3,(H,14,15,16,17). The zero-order chi connectivity index (χ0) is 14.4. The zero-order valence-electron chi connectivity index (χ0n) is 12.9. The molecule has 108 valence electrons. The molecule has 1 N–H and O–H groups in total. The number of aromatic nitrogens is 3. The fourth-order valence-electron chi connectivity index (χ4n) is 1.98. The van der Waals surface area contributed by atoms with Crippen LogP contribution in [0.15, 0.2) is 0 Å². The Labute approximate surface area is 116 Å². The van der Waals surface area contributed by atoms with Gasteiger partial charge in [0.2, 0.25) is 17.8 Å². The molecule has 0 radical (unpaired) electrons. The van der Waals surface area contributed by atoms with E-state index < -0.39 is 0 Å². The molecule has 1 rings (SSSR count). The molecule has 6 nitrogen and oxygen atoms in total. The predicted octanol–water partition coefficient (Wildman–Crippen LogP) is 1.99. The lowest BCUT2D eigenvalue weighted by Crippen LogP contribution is -2.33. The summed E-state index contributed by atoms with van der Waals surface area (Å²) in [5.41, 5.74) is 0. The molecule has 1 heterocycles. The molecule has 0 aliphatic rings. The van der Waals surface area contributed by atoms with Crippen molar-refractivity contribution < 1.29 is 0 Å². The van der Waals surface area contributed by atoms with E-state index in [0.29, 0.717) is 12.0 Å². The fourth-order valence-corrected chi connectivity index (χ4v) is 1.98. The Morgan fingerprint density at radius 3 is 1.95 bits per heavy atom. The number of nitrogens with zero attached hydrogens (tertiary/aromatic N) is 5. The van der Waals surface area contributed by atoms with Gasteiger partial charge in [-0.2, -0.15) is 15.0 Å². The van der Waals surface area contributed by atoms with Gasteiger partial charge in [-0.15, -0.1) is 0 Å². The van der Waals surface area contributed by atoms with E-state index in [1.807, 2.05) is 7.05 Å². The molecule has 0 spiro atoms. The van der Waals surface area contributed by atoms with Crippen molar-refractivity contribution in [1.82, 2.24) is 15.0 Å². The van der Waals surface area contributed by atoms with Crippen LogP contribution in [0.2, 0.25) is 0 Å². The van der Waals surface area contributed by atoms with Crippen LogP contribution in [-0.4, -0.2) is 47.7 Å². The van der Waals surface area contributed by atoms with Gasteiger partial charge >= 0.3 is 0 Å². The second-order valence-corrected chi connectivity index (χ2v) is 4.56. The summed E-state index contributed by atoms with van der Waals surface area (Å²) in [5.74, 6) is 2.09. The fraction of sp³-hybridized carbons (Fsp3) is 0.769. The van der Waals surface area contributed by atoms with Crippen molar-refractivity contribution in [2.45, 2.75) is 40.7 Å². The molecular formula is C13H26N6. The number of rotatable bonds is 7. The molecule has 0 unspecified atom stereocenters. The van der Waals surface area contributed by atoms with Gasteiger partial charge in [0.05, 0.1) is 0 Å². The second kappa shape index (κ2) is 7.11. The van der Waals surface area contributed by atoms with Gasteiger partial charge in [-0.05, 0) is 34.6 Å². The Hall–Kier alpha value is -1.59. The Balaban J connectivity index is 3.21. The maximum atomic E-state index is 4.61. The zero-order valence-corrected chi connectivity index (χ0v) is 12.9. The quantitative estimate of drug-likeness (QED) is 0.814. The van der Waals surface area contributed by atoms with E-state index in [-0.39, 0.29) is 0 Å². The molecule has 6 heteroatoms. The summed E-state index contributed by atoms with van der Waals surface area (Å²) in [4.78, 5) is 17.8. The Morgan fingerprint density at radius 1 is 0.947 bits per heavy atom. The van der Waals surface area contributed by atoms with Crippen LogP contribution in [0.3, 0.4) is 0 Å². The molecule has 0 aromatic carbocycles. The Kier molecular flexibility index (Phi) is 5.79. The first-order chi connectivity index (χ1) is 9.07. The van der Waals surface area contributed by atoms with Gasteiger partial charge in [-0.1, -0.05) is 0 Å². The van der Waals surface area contributed by atoms with Gasteiger partial charge in [0.25, 0.3) is 0 Å². The molecular weight excluding hydrogens is 240 g/mol. The van der Waals surface area contributed by atoms with E-state index >= 15 is 0 Å². The molecule has 0 bridgehead atoms. The van der Waals surface area contributed by atoms with Crippen LogP contribution in [0.25, 0.3) is 0 Å². The molecule has 0 aliphatic heterocycles. The smallest absolute Gasteiger partial charge is 0.232 e. The third-order valence-electron chi connectivity index (χ3n) is 3.10. The van der Waals surface area contributed by atoms with Crippen molar-refractivity contribution in [3.05, 3.63) is 0 Å². The summed E-state index contributed by atoms with van der Waals surface area (Å²) in [5, 5.41) is 3.01. The maximum Gasteiger partial charge on any atom is 0.232 e. The van der Waals surface area contributed by atoms with Crippen LogP contribution in [0.1, 0.15) is 34.6 Å². The molecule has 0 aliphatic carbocycles. The van der Waals surface area contributed by atoms with Gasteiger partial charge in [0, 0.05) is 32.7 Å². The largest absolute Gasteiger partial charge is 0.357 e. The van der Waals surface area contributed by atoms with Gasteiger partial charge in [-0.3, -0.25) is 0 Å². The minimum Gasteiger partial charge on any atom is -0.357 e. The first kappa shape index (κ1) is 15.5. The van der Waals surface area contributed by atoms with Gasteiger partial charge in [-0.25, -0.2) is 0 Å². The lowest BCUT2D eigenvalue weighted by Gasteiger charge is -2.27. The minimum atomic E-state index is 0.363. The van der Waals surface area contributed by atoms with Crippen LogP contribution in [0.5, 0.6) is 0 Å². The molecule has 0 saturated carbocycles. The molecule has 1 aromatic heterocycles. The summed E-state index contributed by atoms with van der Waals surface area (Å²) < 4.78 is 0. The first-order valence-corrected chi connectivity index (χ1v) is 7.02. The van der Waals surface area contributed by atoms with Crippen molar-refractivity contribution in [2.75, 3.05) is 41.8 Å². The van der Waals surface area contributed by atoms with Crippen LogP contribution in [0, 0.1) is 0 Å². The number of anilines is 3. The maximum absolute atomic E-state index is 4.61. The van der Waals surface area contributed by atoms with Crippen LogP contribution < -0.4 is 15.1 Å². The summed E-state index contributed by atoms with van der Waals surface area (Å²) in [7, 11) is 1.83. The minimum absolute atomic E-state index is 0.363. The molecule has 19 heavy (non-hydrogen) atoms. The van der Waals surface area contributed by atoms with E-state index in [1.54, 1.807) is 0 Å². The Bertz CT molecular complexity index is 389. The summed E-state index contributed by atoms with van der Waals surface area (Å²) >= 11 is 0. The highest BCUT2D eigenvalue weighted by Gasteiger charge is 2.16. The summed E-state index contributed by atoms with van der Waals surface area (Å²) in [6, 6.07) is 0.363. The first-order valence-electron chi connectivity index (χ1n) is 7.02. The third-order valence-corrected chi connectivity index (χ3v) is 3.10. The SMILES string of the molecule is CCN(CC)c1nc(NC)nc(N(CC)C(C)C)n1. The lowest BCUT2D eigenvalue weighted by atomic mass is 10.3. The number of nitrogens with one attached hydrogen (secondary N) is 1. The lowest BCUT2D eigenvalue weighted by molar-refractivity contribution is 0.675. The van der Waals surface area contributed by atoms with E-state index in [0.717, 1.165) is 31.5 Å². The van der Waals surface area contributed by atoms with Crippen LogP contribution in [0.4, 0.5) is 17.8 Å². The normalized spacial score (nSPS) is 10.7.